The summed E-state index contributed by atoms with van der Waals surface area (Å²) >= 11 is 2.89. The summed E-state index contributed by atoms with van der Waals surface area (Å²) < 4.78 is 2.53. The zero-order valence-electron chi connectivity index (χ0n) is 20.1. The summed E-state index contributed by atoms with van der Waals surface area (Å²) in [5.41, 5.74) is -0.778. The third-order valence-electron chi connectivity index (χ3n) is 7.09. The molecule has 4 rings (SSSR count). The molecule has 1 amide bonds. The highest BCUT2D eigenvalue weighted by atomic mass is 32.1. The van der Waals surface area contributed by atoms with Crippen molar-refractivity contribution in [3.8, 4) is 0 Å². The van der Waals surface area contributed by atoms with E-state index < -0.39 is 5.41 Å². The monoisotopic (exact) mass is 486 g/mol. The smallest absolute Gasteiger partial charge is 0.269 e. The number of rotatable bonds is 6. The molecule has 2 aliphatic carbocycles. The minimum atomic E-state index is -0.557. The Morgan fingerprint density at radius 2 is 1.97 bits per heavy atom. The average Bonchev–Trinajstić information content (AvgIpc) is 3.50. The Hall–Kier alpha value is -1.99. The maximum atomic E-state index is 13.2. The lowest BCUT2D eigenvalue weighted by Gasteiger charge is -2.28. The van der Waals surface area contributed by atoms with Gasteiger partial charge in [-0.15, -0.1) is 22.7 Å². The number of hydrogen-bond donors (Lipinski definition) is 1. The number of carbonyl (C=O) groups is 2. The molecule has 7 heteroatoms. The van der Waals surface area contributed by atoms with Crippen LogP contribution in [0.3, 0.4) is 0 Å². The van der Waals surface area contributed by atoms with Gasteiger partial charge in [-0.3, -0.25) is 19.0 Å². The number of thiazole rings is 1. The van der Waals surface area contributed by atoms with E-state index in [1.807, 2.05) is 45.9 Å². The van der Waals surface area contributed by atoms with Gasteiger partial charge in [0.2, 0.25) is 5.91 Å². The highest BCUT2D eigenvalue weighted by Gasteiger charge is 2.42. The molecule has 0 radical (unpaired) electrons. The van der Waals surface area contributed by atoms with Crippen molar-refractivity contribution < 1.29 is 9.59 Å². The Bertz CT molecular complexity index is 1230. The van der Waals surface area contributed by atoms with E-state index in [-0.39, 0.29) is 29.8 Å². The zero-order valence-corrected chi connectivity index (χ0v) is 21.8. The molecule has 0 aromatic carbocycles. The van der Waals surface area contributed by atoms with Crippen molar-refractivity contribution in [2.24, 2.45) is 23.2 Å². The summed E-state index contributed by atoms with van der Waals surface area (Å²) in [7, 11) is 0. The van der Waals surface area contributed by atoms with Gasteiger partial charge in [0.05, 0.1) is 4.53 Å². The summed E-state index contributed by atoms with van der Waals surface area (Å²) in [6.45, 7) is 9.61. The first-order chi connectivity index (χ1) is 15.5. The number of aryl methyl sites for hydroxylation is 1. The van der Waals surface area contributed by atoms with Crippen LogP contribution < -0.4 is 20.1 Å². The Morgan fingerprint density at radius 1 is 1.21 bits per heavy atom. The summed E-state index contributed by atoms with van der Waals surface area (Å²) in [5.74, 6) is 1.85. The van der Waals surface area contributed by atoms with Crippen LogP contribution >= 0.6 is 22.7 Å². The molecule has 33 heavy (non-hydrogen) atoms. The van der Waals surface area contributed by atoms with Crippen LogP contribution in [0.1, 0.15) is 63.1 Å². The van der Waals surface area contributed by atoms with Crippen LogP contribution in [0.25, 0.3) is 12.2 Å². The standard InChI is InChI=1S/C26H34N2O3S2/c1-15-6-9-19(32-15)12-21-25(31)28(24(33-21)13-22(29)26(3,4)5)14-23(30)27-16(2)20-11-17-7-8-18(20)10-17/h6,9,12-13,16-18,20H,7-8,10-11,14H2,1-5H3,(H,27,30). The van der Waals surface area contributed by atoms with Crippen molar-refractivity contribution in [2.75, 3.05) is 0 Å². The molecule has 0 saturated heterocycles. The van der Waals surface area contributed by atoms with Gasteiger partial charge in [0.1, 0.15) is 11.2 Å². The fraction of sp³-hybridized carbons (Fsp3) is 0.577. The number of nitrogens with one attached hydrogen (secondary N) is 1. The first-order valence-electron chi connectivity index (χ1n) is 11.8. The van der Waals surface area contributed by atoms with Crippen LogP contribution in [0, 0.1) is 30.1 Å². The van der Waals surface area contributed by atoms with Gasteiger partial charge in [0, 0.05) is 27.3 Å². The molecule has 5 nitrogen and oxygen atoms in total. The van der Waals surface area contributed by atoms with Gasteiger partial charge < -0.3 is 5.32 Å². The molecule has 2 heterocycles. The van der Waals surface area contributed by atoms with Gasteiger partial charge in [-0.1, -0.05) is 27.2 Å². The lowest BCUT2D eigenvalue weighted by molar-refractivity contribution is -0.123. The summed E-state index contributed by atoms with van der Waals surface area (Å²) in [5, 5.41) is 3.15. The van der Waals surface area contributed by atoms with E-state index in [1.165, 1.54) is 52.5 Å². The summed E-state index contributed by atoms with van der Waals surface area (Å²) in [6.07, 6.45) is 8.48. The molecule has 2 aromatic rings. The Kier molecular flexibility index (Phi) is 6.83. The van der Waals surface area contributed by atoms with Gasteiger partial charge in [-0.25, -0.2) is 0 Å². The second-order valence-electron chi connectivity index (χ2n) is 10.7. The number of Topliss-reactive ketones (excluding diaryl/α,β-unsaturated/α-hetero) is 1. The number of aromatic nitrogens is 1. The number of hydrogen-bond acceptors (Lipinski definition) is 5. The number of amides is 1. The molecule has 0 spiro atoms. The Balaban J connectivity index is 1.62. The van der Waals surface area contributed by atoms with Crippen molar-refractivity contribution >= 4 is 46.5 Å². The topological polar surface area (TPSA) is 68.2 Å². The molecule has 178 valence electrons. The predicted octanol–water partition coefficient (Wildman–Crippen LogP) is 3.45. The minimum Gasteiger partial charge on any atom is -0.352 e. The molecule has 4 unspecified atom stereocenters. The lowest BCUT2D eigenvalue weighted by atomic mass is 9.84. The number of fused-ring (bicyclic) bond motifs is 2. The number of carbonyl (C=O) groups excluding carboxylic acids is 2. The van der Waals surface area contributed by atoms with Crippen molar-refractivity contribution in [1.29, 1.82) is 0 Å². The molecular formula is C26H34N2O3S2. The summed E-state index contributed by atoms with van der Waals surface area (Å²) in [6, 6.07) is 4.10. The van der Waals surface area contributed by atoms with Gasteiger partial charge in [-0.05, 0) is 69.1 Å². The normalized spacial score (nSPS) is 24.5. The second kappa shape index (κ2) is 9.34. The van der Waals surface area contributed by atoms with Gasteiger partial charge in [-0.2, -0.15) is 0 Å². The van der Waals surface area contributed by atoms with Crippen molar-refractivity contribution in [2.45, 2.75) is 72.9 Å². The van der Waals surface area contributed by atoms with E-state index in [4.69, 9.17) is 0 Å². The van der Waals surface area contributed by atoms with Gasteiger partial charge >= 0.3 is 0 Å². The maximum absolute atomic E-state index is 13.2. The van der Waals surface area contributed by atoms with Crippen molar-refractivity contribution in [3.05, 3.63) is 41.4 Å². The van der Waals surface area contributed by atoms with E-state index in [1.54, 1.807) is 11.3 Å². The first-order valence-corrected chi connectivity index (χ1v) is 13.5. The van der Waals surface area contributed by atoms with E-state index in [2.05, 4.69) is 12.2 Å². The van der Waals surface area contributed by atoms with E-state index in [0.717, 1.165) is 16.7 Å². The highest BCUT2D eigenvalue weighted by molar-refractivity contribution is 7.13. The largest absolute Gasteiger partial charge is 0.352 e. The average molecular weight is 487 g/mol. The molecule has 4 atom stereocenters. The van der Waals surface area contributed by atoms with Gasteiger partial charge in [0.25, 0.3) is 5.56 Å². The van der Waals surface area contributed by atoms with Gasteiger partial charge in [0.15, 0.2) is 5.78 Å². The van der Waals surface area contributed by atoms with Crippen LogP contribution in [-0.4, -0.2) is 22.3 Å². The predicted molar refractivity (Wildman–Crippen MR) is 136 cm³/mol. The number of ketones is 1. The van der Waals surface area contributed by atoms with Crippen LogP contribution in [0.2, 0.25) is 0 Å². The highest BCUT2D eigenvalue weighted by Crippen LogP contribution is 2.49. The summed E-state index contributed by atoms with van der Waals surface area (Å²) in [4.78, 5) is 41.1. The zero-order chi connectivity index (χ0) is 23.9. The van der Waals surface area contributed by atoms with E-state index in [9.17, 15) is 14.4 Å². The van der Waals surface area contributed by atoms with Crippen molar-refractivity contribution in [1.82, 2.24) is 9.88 Å². The minimum absolute atomic E-state index is 0.0632. The maximum Gasteiger partial charge on any atom is 0.269 e. The molecule has 2 aromatic heterocycles. The molecule has 0 aliphatic heterocycles. The van der Waals surface area contributed by atoms with Crippen molar-refractivity contribution in [3.63, 3.8) is 0 Å². The quantitative estimate of drug-likeness (QED) is 0.680. The Morgan fingerprint density at radius 3 is 2.55 bits per heavy atom. The third kappa shape index (κ3) is 5.40. The number of nitrogens with zero attached hydrogens (tertiary/aromatic N) is 1. The molecule has 2 fully saturated rings. The molecule has 2 bridgehead atoms. The fourth-order valence-corrected chi connectivity index (χ4v) is 7.17. The number of thiophene rings is 1. The fourth-order valence-electron chi connectivity index (χ4n) is 5.24. The SMILES string of the molecule is Cc1ccc(C=c2sc(=CC(=O)C(C)(C)C)n(CC(=O)NC(C)C3CC4CCC3C4)c2=O)s1. The van der Waals surface area contributed by atoms with Crippen LogP contribution in [0.4, 0.5) is 0 Å². The second-order valence-corrected chi connectivity index (χ2v) is 13.1. The van der Waals surface area contributed by atoms with Crippen LogP contribution in [0.5, 0.6) is 0 Å². The van der Waals surface area contributed by atoms with Crippen LogP contribution in [0.15, 0.2) is 16.9 Å². The van der Waals surface area contributed by atoms with E-state index >= 15 is 0 Å². The Labute approximate surface area is 203 Å². The first kappa shape index (κ1) is 24.1. The molecule has 2 aliphatic rings. The third-order valence-corrected chi connectivity index (χ3v) is 9.10. The van der Waals surface area contributed by atoms with Crippen LogP contribution in [-0.2, 0) is 16.1 Å². The molecule has 2 saturated carbocycles. The molecular weight excluding hydrogens is 452 g/mol. The van der Waals surface area contributed by atoms with E-state index in [0.29, 0.717) is 15.1 Å². The molecule has 1 N–H and O–H groups in total. The lowest BCUT2D eigenvalue weighted by Crippen LogP contribution is -2.44.